The van der Waals surface area contributed by atoms with Crippen molar-refractivity contribution in [2.45, 2.75) is 25.4 Å². The molecule has 2 amide bonds. The third-order valence-electron chi connectivity index (χ3n) is 6.01. The Balaban J connectivity index is 1.84. The van der Waals surface area contributed by atoms with Crippen LogP contribution in [0.1, 0.15) is 24.1 Å². The Morgan fingerprint density at radius 3 is 2.38 bits per heavy atom. The van der Waals surface area contributed by atoms with E-state index in [2.05, 4.69) is 5.32 Å². The second kappa shape index (κ2) is 6.77. The molecule has 2 saturated heterocycles. The lowest BCUT2D eigenvalue weighted by atomic mass is 9.80. The average Bonchev–Trinajstić information content (AvgIpc) is 3.16. The Bertz CT molecular complexity index is 1010. The van der Waals surface area contributed by atoms with Crippen molar-refractivity contribution in [2.75, 3.05) is 12.0 Å². The summed E-state index contributed by atoms with van der Waals surface area (Å²) in [5, 5.41) is 3.22. The number of anilines is 1. The first-order chi connectivity index (χ1) is 13.8. The molecule has 0 aromatic heterocycles. The molecular formula is C22H21FN2O4. The number of fused-ring (bicyclic) bond motifs is 1. The van der Waals surface area contributed by atoms with Crippen molar-refractivity contribution < 1.29 is 23.5 Å². The summed E-state index contributed by atoms with van der Waals surface area (Å²) < 4.78 is 18.3. The van der Waals surface area contributed by atoms with Gasteiger partial charge in [0.1, 0.15) is 11.4 Å². The summed E-state index contributed by atoms with van der Waals surface area (Å²) in [6.07, 6.45) is 0. The van der Waals surface area contributed by atoms with Crippen molar-refractivity contribution in [1.29, 1.82) is 0 Å². The number of benzene rings is 2. The van der Waals surface area contributed by atoms with Crippen LogP contribution >= 0.6 is 0 Å². The zero-order valence-corrected chi connectivity index (χ0v) is 16.3. The predicted molar refractivity (Wildman–Crippen MR) is 103 cm³/mol. The average molecular weight is 396 g/mol. The van der Waals surface area contributed by atoms with Gasteiger partial charge in [-0.05, 0) is 49.2 Å². The third kappa shape index (κ3) is 2.76. The van der Waals surface area contributed by atoms with Crippen LogP contribution in [0.2, 0.25) is 0 Å². The van der Waals surface area contributed by atoms with Gasteiger partial charge in [-0.2, -0.15) is 0 Å². The van der Waals surface area contributed by atoms with Crippen LogP contribution in [0.15, 0.2) is 48.5 Å². The van der Waals surface area contributed by atoms with E-state index in [0.29, 0.717) is 0 Å². The number of hydrogen-bond donors (Lipinski definition) is 1. The van der Waals surface area contributed by atoms with Crippen LogP contribution in [0.25, 0.3) is 0 Å². The van der Waals surface area contributed by atoms with Gasteiger partial charge in [-0.25, -0.2) is 9.29 Å². The highest BCUT2D eigenvalue weighted by Gasteiger charge is 2.67. The largest absolute Gasteiger partial charge is 0.468 e. The van der Waals surface area contributed by atoms with E-state index >= 15 is 0 Å². The number of esters is 1. The summed E-state index contributed by atoms with van der Waals surface area (Å²) in [6.45, 7) is 3.51. The smallest absolute Gasteiger partial charge is 0.326 e. The number of ether oxygens (including phenoxy) is 1. The number of methoxy groups -OCH3 is 1. The number of halogens is 1. The highest BCUT2D eigenvalue weighted by molar-refractivity contribution is 6.24. The summed E-state index contributed by atoms with van der Waals surface area (Å²) in [5.74, 6) is -3.70. The lowest BCUT2D eigenvalue weighted by Crippen LogP contribution is -2.54. The molecule has 2 fully saturated rings. The predicted octanol–water partition coefficient (Wildman–Crippen LogP) is 2.52. The highest BCUT2D eigenvalue weighted by Crippen LogP contribution is 2.50. The molecular weight excluding hydrogens is 375 g/mol. The van der Waals surface area contributed by atoms with Crippen LogP contribution in [0, 0.1) is 24.6 Å². The molecule has 0 radical (unpaired) electrons. The molecule has 0 unspecified atom stereocenters. The van der Waals surface area contributed by atoms with Crippen molar-refractivity contribution in [3.63, 3.8) is 0 Å². The Morgan fingerprint density at radius 1 is 1.10 bits per heavy atom. The zero-order chi connectivity index (χ0) is 20.9. The van der Waals surface area contributed by atoms with Crippen LogP contribution in [0.4, 0.5) is 10.1 Å². The normalized spacial score (nSPS) is 28.6. The molecule has 2 heterocycles. The Labute approximate surface area is 167 Å². The first-order valence-corrected chi connectivity index (χ1v) is 9.34. The Hall–Kier alpha value is -3.06. The van der Waals surface area contributed by atoms with Gasteiger partial charge < -0.3 is 4.74 Å². The molecule has 0 bridgehead atoms. The van der Waals surface area contributed by atoms with Crippen LogP contribution in [-0.4, -0.2) is 30.4 Å². The SMILES string of the molecule is COC(=O)[C@@]1(C)N[C@H](c2ccccc2C)[C@H]2C(=O)N(c3ccc(F)cc3)C(=O)[C@H]21. The van der Waals surface area contributed by atoms with E-state index in [1.165, 1.54) is 31.4 Å². The van der Waals surface area contributed by atoms with E-state index in [-0.39, 0.29) is 5.69 Å². The van der Waals surface area contributed by atoms with Gasteiger partial charge in [-0.15, -0.1) is 0 Å². The molecule has 2 aromatic rings. The molecule has 1 N–H and O–H groups in total. The number of rotatable bonds is 3. The van der Waals surface area contributed by atoms with Gasteiger partial charge in [0.2, 0.25) is 11.8 Å². The van der Waals surface area contributed by atoms with Gasteiger partial charge >= 0.3 is 5.97 Å². The Kier molecular flexibility index (Phi) is 4.50. The molecule has 0 aliphatic carbocycles. The maximum absolute atomic E-state index is 13.4. The molecule has 4 atom stereocenters. The van der Waals surface area contributed by atoms with Gasteiger partial charge in [0.15, 0.2) is 0 Å². The van der Waals surface area contributed by atoms with E-state index in [0.717, 1.165) is 16.0 Å². The topological polar surface area (TPSA) is 75.7 Å². The zero-order valence-electron chi connectivity index (χ0n) is 16.3. The van der Waals surface area contributed by atoms with Gasteiger partial charge in [0.25, 0.3) is 0 Å². The number of amides is 2. The molecule has 4 rings (SSSR count). The van der Waals surface area contributed by atoms with E-state index in [1.807, 2.05) is 31.2 Å². The van der Waals surface area contributed by atoms with E-state index in [1.54, 1.807) is 6.92 Å². The maximum atomic E-state index is 13.4. The molecule has 7 heteroatoms. The number of nitrogens with zero attached hydrogens (tertiary/aromatic N) is 1. The van der Waals surface area contributed by atoms with Crippen molar-refractivity contribution in [3.05, 3.63) is 65.5 Å². The van der Waals surface area contributed by atoms with Crippen molar-refractivity contribution >= 4 is 23.5 Å². The lowest BCUT2D eigenvalue weighted by molar-refractivity contribution is -0.151. The second-order valence-electron chi connectivity index (χ2n) is 7.66. The molecule has 2 aromatic carbocycles. The van der Waals surface area contributed by atoms with E-state index in [4.69, 9.17) is 4.74 Å². The van der Waals surface area contributed by atoms with E-state index < -0.39 is 47.0 Å². The fourth-order valence-corrected chi connectivity index (χ4v) is 4.59. The fraction of sp³-hybridized carbons (Fsp3) is 0.318. The maximum Gasteiger partial charge on any atom is 0.326 e. The number of carbonyl (C=O) groups excluding carboxylic acids is 3. The molecule has 150 valence electrons. The van der Waals surface area contributed by atoms with Crippen molar-refractivity contribution in [3.8, 4) is 0 Å². The van der Waals surface area contributed by atoms with E-state index in [9.17, 15) is 18.8 Å². The molecule has 0 saturated carbocycles. The highest BCUT2D eigenvalue weighted by atomic mass is 19.1. The molecule has 2 aliphatic rings. The number of carbonyl (C=O) groups is 3. The lowest BCUT2D eigenvalue weighted by Gasteiger charge is -2.29. The van der Waals surface area contributed by atoms with Crippen molar-refractivity contribution in [1.82, 2.24) is 5.32 Å². The molecule has 2 aliphatic heterocycles. The van der Waals surface area contributed by atoms with Crippen LogP contribution in [0.3, 0.4) is 0 Å². The summed E-state index contributed by atoms with van der Waals surface area (Å²) in [5.41, 5.74) is 0.704. The van der Waals surface area contributed by atoms with Crippen LogP contribution in [0.5, 0.6) is 0 Å². The fourth-order valence-electron chi connectivity index (χ4n) is 4.59. The number of nitrogens with one attached hydrogen (secondary N) is 1. The van der Waals surface area contributed by atoms with Crippen LogP contribution < -0.4 is 10.2 Å². The summed E-state index contributed by atoms with van der Waals surface area (Å²) in [7, 11) is 1.25. The summed E-state index contributed by atoms with van der Waals surface area (Å²) >= 11 is 0. The third-order valence-corrected chi connectivity index (χ3v) is 6.01. The summed E-state index contributed by atoms with van der Waals surface area (Å²) in [6, 6.07) is 12.2. The van der Waals surface area contributed by atoms with Gasteiger partial charge in [-0.1, -0.05) is 24.3 Å². The van der Waals surface area contributed by atoms with Crippen molar-refractivity contribution in [2.24, 2.45) is 11.8 Å². The minimum atomic E-state index is -1.37. The minimum absolute atomic E-state index is 0.284. The first-order valence-electron chi connectivity index (χ1n) is 9.34. The molecule has 0 spiro atoms. The number of hydrogen-bond acceptors (Lipinski definition) is 5. The van der Waals surface area contributed by atoms with Gasteiger partial charge in [0.05, 0.1) is 24.6 Å². The van der Waals surface area contributed by atoms with Gasteiger partial charge in [-0.3, -0.25) is 19.7 Å². The minimum Gasteiger partial charge on any atom is -0.468 e. The number of aryl methyl sites for hydroxylation is 1. The standard InChI is InChI=1S/C22H21FN2O4/c1-12-6-4-5-7-15(12)18-16-17(22(2,24-18)21(28)29-3)20(27)25(19(16)26)14-10-8-13(23)9-11-14/h4-11,16-18,24H,1-3H3/t16-,17-,18+,22-/m0/s1. The summed E-state index contributed by atoms with van der Waals surface area (Å²) in [4.78, 5) is 40.5. The second-order valence-corrected chi connectivity index (χ2v) is 7.66. The Morgan fingerprint density at radius 2 is 1.76 bits per heavy atom. The van der Waals surface area contributed by atoms with Gasteiger partial charge in [0, 0.05) is 6.04 Å². The quantitative estimate of drug-likeness (QED) is 0.637. The van der Waals surface area contributed by atoms with Crippen LogP contribution in [-0.2, 0) is 19.1 Å². The molecule has 6 nitrogen and oxygen atoms in total. The monoisotopic (exact) mass is 396 g/mol. The first kappa shape index (κ1) is 19.3. The molecule has 29 heavy (non-hydrogen) atoms. The number of imide groups is 1.